The van der Waals surface area contributed by atoms with Crippen LogP contribution in [0.2, 0.25) is 0 Å². The molecule has 6 nitrogen and oxygen atoms in total. The molecule has 3 heterocycles. The summed E-state index contributed by atoms with van der Waals surface area (Å²) >= 11 is 0. The molecule has 1 N–H and O–H groups in total. The number of benzene rings is 1. The summed E-state index contributed by atoms with van der Waals surface area (Å²) in [5.74, 6) is 0.988. The van der Waals surface area contributed by atoms with Gasteiger partial charge >= 0.3 is 0 Å². The van der Waals surface area contributed by atoms with E-state index >= 15 is 0 Å². The zero-order chi connectivity index (χ0) is 20.1. The zero-order valence-corrected chi connectivity index (χ0v) is 16.2. The smallest absolute Gasteiger partial charge is 0.263 e. The number of ketones is 1. The van der Waals surface area contributed by atoms with Crippen molar-refractivity contribution < 1.29 is 18.4 Å². The van der Waals surface area contributed by atoms with E-state index in [-0.39, 0.29) is 17.3 Å². The zero-order valence-electron chi connectivity index (χ0n) is 16.2. The minimum atomic E-state index is -0.269. The molecule has 1 aromatic carbocycles. The topological polar surface area (TPSA) is 77.5 Å². The number of carbonyl (C=O) groups is 1. The maximum Gasteiger partial charge on any atom is 0.263 e. The number of carbonyl (C=O) groups excluding carboxylic acids is 1. The van der Waals surface area contributed by atoms with E-state index < -0.39 is 0 Å². The molecule has 0 radical (unpaired) electrons. The van der Waals surface area contributed by atoms with Crippen LogP contribution in [0.25, 0.3) is 11.0 Å². The van der Waals surface area contributed by atoms with Crippen molar-refractivity contribution in [1.82, 2.24) is 10.3 Å². The van der Waals surface area contributed by atoms with E-state index in [2.05, 4.69) is 10.3 Å². The maximum atomic E-state index is 12.6. The molecule has 4 rings (SSSR count). The van der Waals surface area contributed by atoms with Crippen molar-refractivity contribution in [3.05, 3.63) is 83.8 Å². The first-order chi connectivity index (χ1) is 14.2. The van der Waals surface area contributed by atoms with Crippen molar-refractivity contribution in [2.45, 2.75) is 19.9 Å². The van der Waals surface area contributed by atoms with Gasteiger partial charge < -0.3 is 18.9 Å². The average Bonchev–Trinajstić information content (AvgIpc) is 3.40. The first-order valence-corrected chi connectivity index (χ1v) is 9.57. The fourth-order valence-electron chi connectivity index (χ4n) is 3.24. The monoisotopic (exact) mass is 390 g/mol. The lowest BCUT2D eigenvalue weighted by molar-refractivity contribution is 0.0984. The molecule has 0 saturated heterocycles. The molecule has 0 saturated carbocycles. The lowest BCUT2D eigenvalue weighted by Crippen LogP contribution is -2.17. The van der Waals surface area contributed by atoms with E-state index in [9.17, 15) is 4.79 Å². The van der Waals surface area contributed by atoms with Gasteiger partial charge in [-0.2, -0.15) is 0 Å². The van der Waals surface area contributed by atoms with Crippen LogP contribution in [0.4, 0.5) is 0 Å². The minimum absolute atomic E-state index is 0.259. The van der Waals surface area contributed by atoms with Crippen molar-refractivity contribution in [3.63, 3.8) is 0 Å². The Morgan fingerprint density at radius 2 is 2.10 bits per heavy atom. The number of nitrogens with one attached hydrogen (secondary N) is 1. The number of aromatic nitrogens is 1. The first-order valence-electron chi connectivity index (χ1n) is 9.57. The van der Waals surface area contributed by atoms with Crippen LogP contribution < -0.4 is 10.1 Å². The van der Waals surface area contributed by atoms with Crippen LogP contribution in [-0.2, 0) is 6.54 Å². The first kappa shape index (κ1) is 19.0. The van der Waals surface area contributed by atoms with Crippen LogP contribution in [0.15, 0.2) is 70.0 Å². The van der Waals surface area contributed by atoms with Crippen LogP contribution >= 0.6 is 0 Å². The maximum absolute atomic E-state index is 12.6. The molecule has 6 heteroatoms. The molecule has 0 amide bonds. The SMILES string of the molecule is Cc1c(C(=O)c2ccco2)oc2cccc(OCCCNCc3cccnc3)c12. The third kappa shape index (κ3) is 4.22. The summed E-state index contributed by atoms with van der Waals surface area (Å²) in [6.07, 6.45) is 5.95. The summed E-state index contributed by atoms with van der Waals surface area (Å²) in [6.45, 7) is 4.04. The van der Waals surface area contributed by atoms with Gasteiger partial charge in [0.05, 0.1) is 18.3 Å². The number of nitrogens with zero attached hydrogens (tertiary/aromatic N) is 1. The number of rotatable bonds is 9. The third-order valence-corrected chi connectivity index (χ3v) is 4.67. The standard InChI is InChI=1S/C23H22N2O4/c1-16-21-18(27-13-5-11-25-15-17-6-3-10-24-14-17)7-2-8-19(21)29-23(16)22(26)20-9-4-12-28-20/h2-4,6-10,12,14,25H,5,11,13,15H2,1H3. The molecule has 0 fully saturated rings. The summed E-state index contributed by atoms with van der Waals surface area (Å²) in [6, 6.07) is 12.9. The van der Waals surface area contributed by atoms with Crippen LogP contribution in [0, 0.1) is 6.92 Å². The molecule has 0 aliphatic carbocycles. The van der Waals surface area contributed by atoms with Crippen molar-refractivity contribution in [3.8, 4) is 5.75 Å². The van der Waals surface area contributed by atoms with Gasteiger partial charge in [-0.15, -0.1) is 0 Å². The van der Waals surface area contributed by atoms with E-state index in [4.69, 9.17) is 13.6 Å². The molecule has 0 bridgehead atoms. The molecule has 4 aromatic rings. The lowest BCUT2D eigenvalue weighted by atomic mass is 10.1. The van der Waals surface area contributed by atoms with E-state index in [1.807, 2.05) is 43.5 Å². The molecule has 0 spiro atoms. The Morgan fingerprint density at radius 1 is 1.17 bits per heavy atom. The molecule has 0 aliphatic rings. The van der Waals surface area contributed by atoms with Gasteiger partial charge in [-0.3, -0.25) is 9.78 Å². The molecule has 148 valence electrons. The molecular weight excluding hydrogens is 368 g/mol. The minimum Gasteiger partial charge on any atom is -0.493 e. The van der Waals surface area contributed by atoms with Crippen molar-refractivity contribution in [2.75, 3.05) is 13.2 Å². The van der Waals surface area contributed by atoms with Crippen LogP contribution in [-0.4, -0.2) is 23.9 Å². The van der Waals surface area contributed by atoms with Gasteiger partial charge in [0.15, 0.2) is 11.5 Å². The van der Waals surface area contributed by atoms with E-state index in [1.165, 1.54) is 6.26 Å². The average molecular weight is 390 g/mol. The van der Waals surface area contributed by atoms with Crippen LogP contribution in [0.5, 0.6) is 5.75 Å². The molecule has 3 aromatic heterocycles. The largest absolute Gasteiger partial charge is 0.493 e. The van der Waals surface area contributed by atoms with Gasteiger partial charge in [-0.25, -0.2) is 0 Å². The highest BCUT2D eigenvalue weighted by Crippen LogP contribution is 2.34. The van der Waals surface area contributed by atoms with Gasteiger partial charge in [0.2, 0.25) is 0 Å². The quantitative estimate of drug-likeness (QED) is 0.334. The van der Waals surface area contributed by atoms with E-state index in [0.29, 0.717) is 12.2 Å². The second-order valence-corrected chi connectivity index (χ2v) is 6.73. The number of fused-ring (bicyclic) bond motifs is 1. The summed E-state index contributed by atoms with van der Waals surface area (Å²) in [7, 11) is 0. The van der Waals surface area contributed by atoms with Gasteiger partial charge in [-0.05, 0) is 55.8 Å². The van der Waals surface area contributed by atoms with Crippen molar-refractivity contribution in [2.24, 2.45) is 0 Å². The predicted octanol–water partition coefficient (Wildman–Crippen LogP) is 4.52. The summed E-state index contributed by atoms with van der Waals surface area (Å²) in [5, 5.41) is 4.20. The van der Waals surface area contributed by atoms with Crippen LogP contribution in [0.3, 0.4) is 0 Å². The van der Waals surface area contributed by atoms with Crippen molar-refractivity contribution in [1.29, 1.82) is 0 Å². The summed E-state index contributed by atoms with van der Waals surface area (Å²) < 4.78 is 17.0. The van der Waals surface area contributed by atoms with Crippen molar-refractivity contribution >= 4 is 16.8 Å². The Morgan fingerprint density at radius 3 is 2.90 bits per heavy atom. The van der Waals surface area contributed by atoms with Gasteiger partial charge in [0.25, 0.3) is 5.78 Å². The Hall–Kier alpha value is -3.38. The Kier molecular flexibility index (Phi) is 5.72. The highest BCUT2D eigenvalue weighted by Gasteiger charge is 2.23. The Balaban J connectivity index is 1.38. The van der Waals surface area contributed by atoms with Crippen LogP contribution in [0.1, 0.15) is 33.9 Å². The Bertz CT molecular complexity index is 1080. The van der Waals surface area contributed by atoms with Gasteiger partial charge in [-0.1, -0.05) is 12.1 Å². The third-order valence-electron chi connectivity index (χ3n) is 4.67. The van der Waals surface area contributed by atoms with Gasteiger partial charge in [0, 0.05) is 24.5 Å². The second-order valence-electron chi connectivity index (χ2n) is 6.73. The van der Waals surface area contributed by atoms with E-state index in [1.54, 1.807) is 18.3 Å². The fraction of sp³-hybridized carbons (Fsp3) is 0.217. The highest BCUT2D eigenvalue weighted by molar-refractivity contribution is 6.09. The number of pyridine rings is 1. The highest BCUT2D eigenvalue weighted by atomic mass is 16.5. The molecule has 0 unspecified atom stereocenters. The lowest BCUT2D eigenvalue weighted by Gasteiger charge is -2.08. The van der Waals surface area contributed by atoms with Gasteiger partial charge in [0.1, 0.15) is 11.3 Å². The molecule has 29 heavy (non-hydrogen) atoms. The molecular formula is C23H22N2O4. The normalized spacial score (nSPS) is 11.1. The second kappa shape index (κ2) is 8.75. The predicted molar refractivity (Wildman–Crippen MR) is 109 cm³/mol. The Labute approximate surface area is 168 Å². The number of furan rings is 2. The number of hydrogen-bond acceptors (Lipinski definition) is 6. The fourth-order valence-corrected chi connectivity index (χ4v) is 3.24. The molecule has 0 aliphatic heterocycles. The number of aryl methyl sites for hydroxylation is 1. The number of hydrogen-bond donors (Lipinski definition) is 1. The molecule has 0 atom stereocenters. The summed E-state index contributed by atoms with van der Waals surface area (Å²) in [4.78, 5) is 16.7. The summed E-state index contributed by atoms with van der Waals surface area (Å²) in [5.41, 5.74) is 2.54. The van der Waals surface area contributed by atoms with E-state index in [0.717, 1.165) is 41.8 Å². The number of ether oxygens (including phenoxy) is 1.